The standard InChI is InChI=1S/C29H27N5O2S/c1-18-9-13-21(14-10-18)24(35)17-37-29-32-28-30-20(3)25(27(36)31-23-7-5-4-6-8-23)26(34(28)33-29)22-15-11-19(2)12-16-22/h4-16,26H,17H2,1-3H3,(H,31,36)(H,30,32,33). The number of ketones is 1. The first-order valence-corrected chi connectivity index (χ1v) is 13.0. The maximum absolute atomic E-state index is 13.5. The van der Waals surface area contributed by atoms with Gasteiger partial charge in [0.05, 0.1) is 11.3 Å². The Kier molecular flexibility index (Phi) is 6.92. The van der Waals surface area contributed by atoms with Gasteiger partial charge in [-0.3, -0.25) is 9.59 Å². The van der Waals surface area contributed by atoms with Gasteiger partial charge in [-0.05, 0) is 38.5 Å². The summed E-state index contributed by atoms with van der Waals surface area (Å²) in [5.41, 5.74) is 5.78. The molecule has 0 saturated heterocycles. The number of Topliss-reactive ketones (excluding diaryl/α,β-unsaturated/α-hetero) is 1. The number of carbonyl (C=O) groups excluding carboxylic acids is 2. The topological polar surface area (TPSA) is 88.9 Å². The normalized spacial score (nSPS) is 14.6. The molecule has 3 aromatic carbocycles. The molecule has 0 bridgehead atoms. The maximum Gasteiger partial charge on any atom is 0.255 e. The van der Waals surface area contributed by atoms with E-state index in [4.69, 9.17) is 5.10 Å². The number of fused-ring (bicyclic) bond motifs is 1. The minimum Gasteiger partial charge on any atom is -0.328 e. The van der Waals surface area contributed by atoms with E-state index in [0.29, 0.717) is 33.6 Å². The smallest absolute Gasteiger partial charge is 0.255 e. The summed E-state index contributed by atoms with van der Waals surface area (Å²) in [7, 11) is 0. The third kappa shape index (κ3) is 5.34. The number of amides is 1. The summed E-state index contributed by atoms with van der Waals surface area (Å²) in [6, 6.07) is 24.5. The molecular formula is C29H27N5O2S. The van der Waals surface area contributed by atoms with E-state index < -0.39 is 6.04 Å². The fourth-order valence-electron chi connectivity index (χ4n) is 4.22. The van der Waals surface area contributed by atoms with E-state index in [0.717, 1.165) is 16.7 Å². The van der Waals surface area contributed by atoms with Gasteiger partial charge in [-0.2, -0.15) is 4.98 Å². The third-order valence-corrected chi connectivity index (χ3v) is 7.05. The molecule has 5 rings (SSSR count). The Balaban J connectivity index is 1.44. The van der Waals surface area contributed by atoms with Gasteiger partial charge in [0.1, 0.15) is 6.04 Å². The molecule has 8 heteroatoms. The number of nitrogens with zero attached hydrogens (tertiary/aromatic N) is 3. The van der Waals surface area contributed by atoms with Crippen molar-refractivity contribution in [2.45, 2.75) is 32.0 Å². The summed E-state index contributed by atoms with van der Waals surface area (Å²) in [5, 5.41) is 11.4. The second-order valence-corrected chi connectivity index (χ2v) is 9.98. The second-order valence-electron chi connectivity index (χ2n) is 9.04. The minimum absolute atomic E-state index is 0.0121. The lowest BCUT2D eigenvalue weighted by atomic mass is 9.94. The van der Waals surface area contributed by atoms with Crippen LogP contribution in [0.2, 0.25) is 0 Å². The monoisotopic (exact) mass is 509 g/mol. The average molecular weight is 510 g/mol. The SMILES string of the molecule is CC1=C(C(=O)Nc2ccccc2)C(c2ccc(C)cc2)n2nc(SCC(=O)c3ccc(C)cc3)nc2N1. The molecule has 1 aliphatic rings. The van der Waals surface area contributed by atoms with Crippen LogP contribution in [0, 0.1) is 13.8 Å². The van der Waals surface area contributed by atoms with Crippen LogP contribution in [0.25, 0.3) is 0 Å². The molecule has 1 atom stereocenters. The van der Waals surface area contributed by atoms with E-state index in [-0.39, 0.29) is 17.4 Å². The summed E-state index contributed by atoms with van der Waals surface area (Å²) in [6.45, 7) is 5.88. The van der Waals surface area contributed by atoms with E-state index in [1.807, 2.05) is 99.6 Å². The van der Waals surface area contributed by atoms with Gasteiger partial charge in [0.2, 0.25) is 11.1 Å². The molecule has 0 aliphatic carbocycles. The number of benzene rings is 3. The predicted octanol–water partition coefficient (Wildman–Crippen LogP) is 5.80. The van der Waals surface area contributed by atoms with Gasteiger partial charge in [0, 0.05) is 16.9 Å². The highest BCUT2D eigenvalue weighted by molar-refractivity contribution is 7.99. The molecule has 7 nitrogen and oxygen atoms in total. The van der Waals surface area contributed by atoms with Crippen LogP contribution < -0.4 is 10.6 Å². The predicted molar refractivity (Wildman–Crippen MR) is 147 cm³/mol. The lowest BCUT2D eigenvalue weighted by Gasteiger charge is -2.28. The zero-order chi connectivity index (χ0) is 25.9. The van der Waals surface area contributed by atoms with Gasteiger partial charge in [0.25, 0.3) is 5.91 Å². The highest BCUT2D eigenvalue weighted by Crippen LogP contribution is 2.37. The minimum atomic E-state index is -0.477. The van der Waals surface area contributed by atoms with Crippen molar-refractivity contribution >= 4 is 35.1 Å². The first-order chi connectivity index (χ1) is 17.9. The zero-order valence-electron chi connectivity index (χ0n) is 20.9. The molecule has 37 heavy (non-hydrogen) atoms. The van der Waals surface area contributed by atoms with Crippen molar-refractivity contribution in [1.82, 2.24) is 14.8 Å². The van der Waals surface area contributed by atoms with Crippen molar-refractivity contribution in [3.63, 3.8) is 0 Å². The van der Waals surface area contributed by atoms with Gasteiger partial charge in [-0.25, -0.2) is 4.68 Å². The fraction of sp³-hybridized carbons (Fsp3) is 0.172. The van der Waals surface area contributed by atoms with E-state index in [2.05, 4.69) is 15.6 Å². The Morgan fingerprint density at radius 3 is 2.24 bits per heavy atom. The molecule has 2 N–H and O–H groups in total. The lowest BCUT2D eigenvalue weighted by molar-refractivity contribution is -0.113. The summed E-state index contributed by atoms with van der Waals surface area (Å²) in [6.07, 6.45) is 0. The molecule has 186 valence electrons. The summed E-state index contributed by atoms with van der Waals surface area (Å²) in [5.74, 6) is 0.546. The Hall–Kier alpha value is -4.17. The van der Waals surface area contributed by atoms with Gasteiger partial charge in [0.15, 0.2) is 5.78 Å². The van der Waals surface area contributed by atoms with Crippen molar-refractivity contribution in [2.24, 2.45) is 0 Å². The van der Waals surface area contributed by atoms with E-state index >= 15 is 0 Å². The number of nitrogens with one attached hydrogen (secondary N) is 2. The number of thioether (sulfide) groups is 1. The Labute approximate surface area is 220 Å². The van der Waals surface area contributed by atoms with Crippen LogP contribution in [0.3, 0.4) is 0 Å². The number of aryl methyl sites for hydroxylation is 2. The molecule has 2 heterocycles. The first-order valence-electron chi connectivity index (χ1n) is 12.0. The largest absolute Gasteiger partial charge is 0.328 e. The van der Waals surface area contributed by atoms with Crippen LogP contribution >= 0.6 is 11.8 Å². The molecule has 1 amide bonds. The number of hydrogen-bond acceptors (Lipinski definition) is 6. The Morgan fingerprint density at radius 1 is 0.919 bits per heavy atom. The molecule has 1 aliphatic heterocycles. The summed E-state index contributed by atoms with van der Waals surface area (Å²) < 4.78 is 1.73. The van der Waals surface area contributed by atoms with Crippen LogP contribution in [0.15, 0.2) is 95.3 Å². The van der Waals surface area contributed by atoms with Crippen LogP contribution in [-0.2, 0) is 4.79 Å². The van der Waals surface area contributed by atoms with Crippen LogP contribution in [0.4, 0.5) is 11.6 Å². The van der Waals surface area contributed by atoms with Crippen LogP contribution in [-0.4, -0.2) is 32.2 Å². The molecule has 0 fully saturated rings. The van der Waals surface area contributed by atoms with Crippen molar-refractivity contribution in [2.75, 3.05) is 16.4 Å². The van der Waals surface area contributed by atoms with E-state index in [9.17, 15) is 9.59 Å². The van der Waals surface area contributed by atoms with Crippen LogP contribution in [0.5, 0.6) is 0 Å². The third-order valence-electron chi connectivity index (χ3n) is 6.21. The molecule has 0 spiro atoms. The number of para-hydroxylation sites is 1. The van der Waals surface area contributed by atoms with Crippen molar-refractivity contribution in [3.05, 3.63) is 112 Å². The van der Waals surface area contributed by atoms with Gasteiger partial charge < -0.3 is 10.6 Å². The molecule has 4 aromatic rings. The average Bonchev–Trinajstić information content (AvgIpc) is 3.30. The molecule has 1 unspecified atom stereocenters. The van der Waals surface area contributed by atoms with Crippen LogP contribution in [0.1, 0.15) is 40.0 Å². The van der Waals surface area contributed by atoms with Crippen molar-refractivity contribution in [3.8, 4) is 0 Å². The summed E-state index contributed by atoms with van der Waals surface area (Å²) in [4.78, 5) is 30.9. The number of aromatic nitrogens is 3. The van der Waals surface area contributed by atoms with E-state index in [1.165, 1.54) is 11.8 Å². The van der Waals surface area contributed by atoms with E-state index in [1.54, 1.807) is 4.68 Å². The Bertz CT molecular complexity index is 1480. The highest BCUT2D eigenvalue weighted by atomic mass is 32.2. The number of carbonyl (C=O) groups is 2. The van der Waals surface area contributed by atoms with Crippen molar-refractivity contribution in [1.29, 1.82) is 0 Å². The number of anilines is 2. The molecule has 0 radical (unpaired) electrons. The summed E-state index contributed by atoms with van der Waals surface area (Å²) >= 11 is 1.28. The highest BCUT2D eigenvalue weighted by Gasteiger charge is 2.34. The second kappa shape index (κ2) is 10.4. The zero-order valence-corrected chi connectivity index (χ0v) is 21.7. The fourth-order valence-corrected chi connectivity index (χ4v) is 4.94. The lowest BCUT2D eigenvalue weighted by Crippen LogP contribution is -2.31. The maximum atomic E-state index is 13.5. The van der Waals surface area contributed by atoms with Gasteiger partial charge in [-0.1, -0.05) is 89.6 Å². The molecular weight excluding hydrogens is 482 g/mol. The van der Waals surface area contributed by atoms with Gasteiger partial charge in [-0.15, -0.1) is 5.10 Å². The number of hydrogen-bond donors (Lipinski definition) is 2. The molecule has 0 saturated carbocycles. The Morgan fingerprint density at radius 2 is 1.57 bits per heavy atom. The quantitative estimate of drug-likeness (QED) is 0.242. The van der Waals surface area contributed by atoms with Gasteiger partial charge >= 0.3 is 0 Å². The number of allylic oxidation sites excluding steroid dienone is 1. The first kappa shape index (κ1) is 24.5. The van der Waals surface area contributed by atoms with Crippen molar-refractivity contribution < 1.29 is 9.59 Å². The number of rotatable bonds is 7. The molecule has 1 aromatic heterocycles.